The van der Waals surface area contributed by atoms with E-state index < -0.39 is 12.1 Å². The molecule has 1 saturated carbocycles. The van der Waals surface area contributed by atoms with Crippen molar-refractivity contribution < 1.29 is 27.9 Å². The summed E-state index contributed by atoms with van der Waals surface area (Å²) in [5.74, 6) is -2.18. The lowest BCUT2D eigenvalue weighted by atomic mass is 10.2. The summed E-state index contributed by atoms with van der Waals surface area (Å²) in [4.78, 5) is 19.4. The SMILES string of the molecule is NC(=O)[C@@H]1C[C@@H]2C[C@H]2N1.O=C(O)C(F)(F)F. The minimum atomic E-state index is -5.08. The van der Waals surface area contributed by atoms with Gasteiger partial charge in [-0.3, -0.25) is 4.79 Å². The number of alkyl halides is 3. The molecule has 2 fully saturated rings. The molecule has 0 radical (unpaired) electrons. The topological polar surface area (TPSA) is 92.4 Å². The first-order valence-corrected chi connectivity index (χ1v) is 4.57. The van der Waals surface area contributed by atoms with E-state index in [1.54, 1.807) is 0 Å². The Kier molecular flexibility index (Phi) is 3.41. The van der Waals surface area contributed by atoms with Crippen molar-refractivity contribution in [3.63, 3.8) is 0 Å². The summed E-state index contributed by atoms with van der Waals surface area (Å²) in [7, 11) is 0. The highest BCUT2D eigenvalue weighted by Crippen LogP contribution is 2.40. The predicted octanol–water partition coefficient (Wildman–Crippen LogP) is -0.145. The molecule has 3 atom stereocenters. The summed E-state index contributed by atoms with van der Waals surface area (Å²) in [6, 6.07) is 0.608. The molecule has 8 heteroatoms. The molecule has 1 amide bonds. The maximum absolute atomic E-state index is 10.6. The number of primary amides is 1. The average Bonchev–Trinajstić information content (AvgIpc) is 2.72. The minimum absolute atomic E-state index is 0.0197. The molecule has 2 rings (SSSR count). The van der Waals surface area contributed by atoms with Gasteiger partial charge >= 0.3 is 12.1 Å². The fraction of sp³-hybridized carbons (Fsp3) is 0.750. The highest BCUT2D eigenvalue weighted by atomic mass is 19.4. The van der Waals surface area contributed by atoms with Crippen molar-refractivity contribution in [1.29, 1.82) is 0 Å². The van der Waals surface area contributed by atoms with Gasteiger partial charge in [0.25, 0.3) is 0 Å². The number of nitrogens with two attached hydrogens (primary N) is 1. The number of piperidine rings is 1. The zero-order valence-electron chi connectivity index (χ0n) is 8.12. The van der Waals surface area contributed by atoms with Gasteiger partial charge in [0, 0.05) is 6.04 Å². The molecular weight excluding hydrogens is 229 g/mol. The van der Waals surface area contributed by atoms with Crippen LogP contribution in [-0.2, 0) is 9.59 Å². The van der Waals surface area contributed by atoms with Gasteiger partial charge < -0.3 is 16.2 Å². The van der Waals surface area contributed by atoms with Crippen LogP contribution in [0, 0.1) is 5.92 Å². The van der Waals surface area contributed by atoms with E-state index in [0.29, 0.717) is 6.04 Å². The number of rotatable bonds is 1. The monoisotopic (exact) mass is 240 g/mol. The Morgan fingerprint density at radius 3 is 2.00 bits per heavy atom. The number of nitrogens with one attached hydrogen (secondary N) is 1. The Labute approximate surface area is 88.8 Å². The second-order valence-corrected chi connectivity index (χ2v) is 3.76. The highest BCUT2D eigenvalue weighted by Gasteiger charge is 2.47. The molecule has 0 unspecified atom stereocenters. The van der Waals surface area contributed by atoms with Crippen LogP contribution < -0.4 is 11.1 Å². The Hall–Kier alpha value is -1.31. The number of halogens is 3. The zero-order chi connectivity index (χ0) is 12.5. The van der Waals surface area contributed by atoms with Gasteiger partial charge in [-0.25, -0.2) is 4.79 Å². The van der Waals surface area contributed by atoms with Gasteiger partial charge in [-0.15, -0.1) is 0 Å². The molecule has 0 aromatic rings. The molecule has 4 N–H and O–H groups in total. The Morgan fingerprint density at radius 1 is 1.31 bits per heavy atom. The molecule has 0 aromatic heterocycles. The summed E-state index contributed by atoms with van der Waals surface area (Å²) < 4.78 is 31.7. The van der Waals surface area contributed by atoms with Crippen LogP contribution in [0.4, 0.5) is 13.2 Å². The van der Waals surface area contributed by atoms with Crippen LogP contribution in [0.15, 0.2) is 0 Å². The minimum Gasteiger partial charge on any atom is -0.475 e. The Bertz CT molecular complexity index is 295. The van der Waals surface area contributed by atoms with Crippen molar-refractivity contribution in [2.75, 3.05) is 0 Å². The number of carboxylic acids is 1. The molecular formula is C8H11F3N2O3. The number of aliphatic carboxylic acids is 1. The van der Waals surface area contributed by atoms with Crippen LogP contribution in [0.3, 0.4) is 0 Å². The second-order valence-electron chi connectivity index (χ2n) is 3.76. The molecule has 1 saturated heterocycles. The van der Waals surface area contributed by atoms with E-state index in [4.69, 9.17) is 15.6 Å². The number of fused-ring (bicyclic) bond motifs is 1. The van der Waals surface area contributed by atoms with Crippen LogP contribution in [-0.4, -0.2) is 35.2 Å². The van der Waals surface area contributed by atoms with E-state index in [1.807, 2.05) is 0 Å². The third-order valence-electron chi connectivity index (χ3n) is 2.46. The van der Waals surface area contributed by atoms with Gasteiger partial charge in [0.1, 0.15) is 0 Å². The molecule has 92 valence electrons. The standard InChI is InChI=1S/C6H10N2O.C2HF3O2/c7-6(9)5-2-3-1-4(3)8-5;3-2(4,5)1(6)7/h3-5,8H,1-2H2,(H2,7,9);(H,6,7)/t3-,4+,5-;/m0./s1. The van der Waals surface area contributed by atoms with Crippen molar-refractivity contribution in [2.45, 2.75) is 31.1 Å². The molecule has 1 aliphatic carbocycles. The van der Waals surface area contributed by atoms with Crippen LogP contribution in [0.25, 0.3) is 0 Å². The quantitative estimate of drug-likeness (QED) is 0.594. The largest absolute Gasteiger partial charge is 0.490 e. The molecule has 0 aromatic carbocycles. The second kappa shape index (κ2) is 4.28. The maximum atomic E-state index is 10.6. The zero-order valence-corrected chi connectivity index (χ0v) is 8.12. The first-order valence-electron chi connectivity index (χ1n) is 4.57. The van der Waals surface area contributed by atoms with Crippen molar-refractivity contribution >= 4 is 11.9 Å². The number of hydrogen-bond donors (Lipinski definition) is 3. The summed E-state index contributed by atoms with van der Waals surface area (Å²) in [6.45, 7) is 0. The number of carbonyl (C=O) groups excluding carboxylic acids is 1. The maximum Gasteiger partial charge on any atom is 0.490 e. The summed E-state index contributed by atoms with van der Waals surface area (Å²) in [5.41, 5.74) is 5.08. The van der Waals surface area contributed by atoms with E-state index in [0.717, 1.165) is 12.3 Å². The first kappa shape index (κ1) is 12.8. The van der Waals surface area contributed by atoms with Gasteiger partial charge in [-0.1, -0.05) is 0 Å². The van der Waals surface area contributed by atoms with Gasteiger partial charge in [-0.05, 0) is 18.8 Å². The van der Waals surface area contributed by atoms with E-state index in [2.05, 4.69) is 5.32 Å². The number of amides is 1. The van der Waals surface area contributed by atoms with Crippen LogP contribution in [0.2, 0.25) is 0 Å². The summed E-state index contributed by atoms with van der Waals surface area (Å²) >= 11 is 0. The van der Waals surface area contributed by atoms with Crippen molar-refractivity contribution in [2.24, 2.45) is 11.7 Å². The molecule has 2 aliphatic rings. The number of carboxylic acid groups (broad SMARTS) is 1. The Morgan fingerprint density at radius 2 is 1.81 bits per heavy atom. The van der Waals surface area contributed by atoms with Gasteiger partial charge in [0.2, 0.25) is 5.91 Å². The lowest BCUT2D eigenvalue weighted by molar-refractivity contribution is -0.192. The number of hydrogen-bond acceptors (Lipinski definition) is 3. The normalized spacial score (nSPS) is 31.1. The third-order valence-corrected chi connectivity index (χ3v) is 2.46. The molecule has 5 nitrogen and oxygen atoms in total. The lowest BCUT2D eigenvalue weighted by Gasteiger charge is -2.06. The third kappa shape index (κ3) is 3.37. The fourth-order valence-electron chi connectivity index (χ4n) is 1.54. The molecule has 0 bridgehead atoms. The summed E-state index contributed by atoms with van der Waals surface area (Å²) in [5, 5.41) is 10.3. The highest BCUT2D eigenvalue weighted by molar-refractivity contribution is 5.80. The number of carbonyl (C=O) groups is 2. The molecule has 1 heterocycles. The van der Waals surface area contributed by atoms with Gasteiger partial charge in [0.15, 0.2) is 0 Å². The molecule has 1 aliphatic heterocycles. The van der Waals surface area contributed by atoms with Crippen LogP contribution in [0.1, 0.15) is 12.8 Å². The van der Waals surface area contributed by atoms with E-state index in [-0.39, 0.29) is 11.9 Å². The smallest absolute Gasteiger partial charge is 0.475 e. The fourth-order valence-corrected chi connectivity index (χ4v) is 1.54. The lowest BCUT2D eigenvalue weighted by Crippen LogP contribution is -2.38. The van der Waals surface area contributed by atoms with E-state index >= 15 is 0 Å². The van der Waals surface area contributed by atoms with Gasteiger partial charge in [0.05, 0.1) is 6.04 Å². The van der Waals surface area contributed by atoms with Crippen LogP contribution >= 0.6 is 0 Å². The molecule has 16 heavy (non-hydrogen) atoms. The van der Waals surface area contributed by atoms with Crippen LogP contribution in [0.5, 0.6) is 0 Å². The van der Waals surface area contributed by atoms with E-state index in [9.17, 15) is 18.0 Å². The average molecular weight is 240 g/mol. The van der Waals surface area contributed by atoms with Crippen molar-refractivity contribution in [3.05, 3.63) is 0 Å². The predicted molar refractivity (Wildman–Crippen MR) is 46.3 cm³/mol. The molecule has 0 spiro atoms. The van der Waals surface area contributed by atoms with E-state index in [1.165, 1.54) is 6.42 Å². The summed E-state index contributed by atoms with van der Waals surface area (Å²) in [6.07, 6.45) is -2.86. The Balaban J connectivity index is 0.000000168. The first-order chi connectivity index (χ1) is 7.21. The van der Waals surface area contributed by atoms with Crippen molar-refractivity contribution in [3.8, 4) is 0 Å². The van der Waals surface area contributed by atoms with Gasteiger partial charge in [-0.2, -0.15) is 13.2 Å². The van der Waals surface area contributed by atoms with Crippen molar-refractivity contribution in [1.82, 2.24) is 5.32 Å².